The second-order valence-electron chi connectivity index (χ2n) is 3.93. The lowest BCUT2D eigenvalue weighted by atomic mass is 10.2. The molecule has 0 saturated carbocycles. The number of nitrogens with zero attached hydrogens (tertiary/aromatic N) is 1. The summed E-state index contributed by atoms with van der Waals surface area (Å²) in [4.78, 5) is 24.7. The minimum Gasteiger partial charge on any atom is -0.469 e. The second kappa shape index (κ2) is 7.55. The molecular formula is C11H19NO4S. The summed E-state index contributed by atoms with van der Waals surface area (Å²) in [6, 6.07) is 0. The Bertz CT molecular complexity index is 266. The standard InChI is InChI=1S/C11H19NO4S/c1-9(11(14)15-2)7-17-8-10(13)12-3-5-16-6-4-12/h9H,3-8H2,1-2H3. The molecule has 1 heterocycles. The summed E-state index contributed by atoms with van der Waals surface area (Å²) >= 11 is 1.47. The van der Waals surface area contributed by atoms with Crippen molar-refractivity contribution in [1.29, 1.82) is 0 Å². The van der Waals surface area contributed by atoms with Gasteiger partial charge in [-0.2, -0.15) is 11.8 Å². The van der Waals surface area contributed by atoms with Gasteiger partial charge < -0.3 is 14.4 Å². The van der Waals surface area contributed by atoms with E-state index in [-0.39, 0.29) is 17.8 Å². The van der Waals surface area contributed by atoms with Crippen molar-refractivity contribution in [3.05, 3.63) is 0 Å². The van der Waals surface area contributed by atoms with Crippen molar-refractivity contribution >= 4 is 23.6 Å². The highest BCUT2D eigenvalue weighted by Crippen LogP contribution is 2.11. The molecule has 17 heavy (non-hydrogen) atoms. The van der Waals surface area contributed by atoms with Crippen LogP contribution >= 0.6 is 11.8 Å². The van der Waals surface area contributed by atoms with Gasteiger partial charge in [0.05, 0.1) is 32.0 Å². The summed E-state index contributed by atoms with van der Waals surface area (Å²) in [5.41, 5.74) is 0. The topological polar surface area (TPSA) is 55.8 Å². The molecule has 0 aromatic carbocycles. The van der Waals surface area contributed by atoms with Gasteiger partial charge in [-0.25, -0.2) is 0 Å². The number of thioether (sulfide) groups is 1. The van der Waals surface area contributed by atoms with Crippen LogP contribution in [0.4, 0.5) is 0 Å². The van der Waals surface area contributed by atoms with Gasteiger partial charge in [0.2, 0.25) is 5.91 Å². The summed E-state index contributed by atoms with van der Waals surface area (Å²) in [6.07, 6.45) is 0. The smallest absolute Gasteiger partial charge is 0.309 e. The Kier molecular flexibility index (Phi) is 6.36. The molecule has 0 radical (unpaired) electrons. The normalized spacial score (nSPS) is 17.6. The van der Waals surface area contributed by atoms with Crippen LogP contribution in [0, 0.1) is 5.92 Å². The molecule has 1 rings (SSSR count). The molecule has 0 aliphatic carbocycles. The van der Waals surface area contributed by atoms with Crippen LogP contribution in [0.15, 0.2) is 0 Å². The van der Waals surface area contributed by atoms with Crippen molar-refractivity contribution in [2.24, 2.45) is 5.92 Å². The lowest BCUT2D eigenvalue weighted by Crippen LogP contribution is -2.41. The molecule has 1 atom stereocenters. The number of hydrogen-bond acceptors (Lipinski definition) is 5. The Labute approximate surface area is 106 Å². The summed E-state index contributed by atoms with van der Waals surface area (Å²) in [5, 5.41) is 0. The van der Waals surface area contributed by atoms with Gasteiger partial charge in [-0.3, -0.25) is 9.59 Å². The highest BCUT2D eigenvalue weighted by Gasteiger charge is 2.18. The maximum Gasteiger partial charge on any atom is 0.309 e. The minimum atomic E-state index is -0.226. The van der Waals surface area contributed by atoms with E-state index in [4.69, 9.17) is 4.74 Å². The zero-order valence-electron chi connectivity index (χ0n) is 10.3. The highest BCUT2D eigenvalue weighted by molar-refractivity contribution is 7.99. The molecule has 1 aliphatic rings. The highest BCUT2D eigenvalue weighted by atomic mass is 32.2. The number of methoxy groups -OCH3 is 1. The molecule has 0 aromatic rings. The van der Waals surface area contributed by atoms with Crippen LogP contribution < -0.4 is 0 Å². The number of esters is 1. The van der Waals surface area contributed by atoms with Crippen molar-refractivity contribution in [3.8, 4) is 0 Å². The second-order valence-corrected chi connectivity index (χ2v) is 4.96. The van der Waals surface area contributed by atoms with Gasteiger partial charge in [0.1, 0.15) is 0 Å². The van der Waals surface area contributed by atoms with Gasteiger partial charge in [0, 0.05) is 18.8 Å². The fourth-order valence-electron chi connectivity index (χ4n) is 1.50. The van der Waals surface area contributed by atoms with E-state index in [9.17, 15) is 9.59 Å². The van der Waals surface area contributed by atoms with Gasteiger partial charge >= 0.3 is 5.97 Å². The van der Waals surface area contributed by atoms with E-state index in [0.717, 1.165) is 0 Å². The number of carbonyl (C=O) groups excluding carboxylic acids is 2. The first-order valence-corrected chi connectivity index (χ1v) is 6.81. The van der Waals surface area contributed by atoms with Gasteiger partial charge in [-0.15, -0.1) is 0 Å². The minimum absolute atomic E-state index is 0.121. The average Bonchev–Trinajstić information content (AvgIpc) is 2.38. The maximum absolute atomic E-state index is 11.8. The third-order valence-corrected chi connectivity index (χ3v) is 3.75. The Morgan fingerprint density at radius 1 is 1.41 bits per heavy atom. The SMILES string of the molecule is COC(=O)C(C)CSCC(=O)N1CCOCC1. The van der Waals surface area contributed by atoms with Crippen LogP contribution in [0.25, 0.3) is 0 Å². The monoisotopic (exact) mass is 261 g/mol. The van der Waals surface area contributed by atoms with Crippen molar-refractivity contribution in [1.82, 2.24) is 4.90 Å². The zero-order chi connectivity index (χ0) is 12.7. The molecule has 0 aromatic heterocycles. The van der Waals surface area contributed by atoms with Gasteiger partial charge in [-0.1, -0.05) is 6.92 Å². The van der Waals surface area contributed by atoms with E-state index in [2.05, 4.69) is 4.74 Å². The Morgan fingerprint density at radius 3 is 2.65 bits per heavy atom. The lowest BCUT2D eigenvalue weighted by Gasteiger charge is -2.26. The molecule has 1 saturated heterocycles. The van der Waals surface area contributed by atoms with Gasteiger partial charge in [0.25, 0.3) is 0 Å². The number of hydrogen-bond donors (Lipinski definition) is 0. The molecule has 98 valence electrons. The molecule has 1 unspecified atom stereocenters. The van der Waals surface area contributed by atoms with Crippen LogP contribution in [0.3, 0.4) is 0 Å². The molecule has 0 spiro atoms. The van der Waals surface area contributed by atoms with E-state index in [0.29, 0.717) is 37.8 Å². The molecular weight excluding hydrogens is 242 g/mol. The van der Waals surface area contributed by atoms with E-state index >= 15 is 0 Å². The van der Waals surface area contributed by atoms with Crippen LogP contribution in [-0.4, -0.2) is 61.7 Å². The van der Waals surface area contributed by atoms with Crippen molar-refractivity contribution in [2.75, 3.05) is 44.9 Å². The molecule has 5 nitrogen and oxygen atoms in total. The third-order valence-electron chi connectivity index (χ3n) is 2.56. The maximum atomic E-state index is 11.8. The molecule has 1 aliphatic heterocycles. The first-order valence-electron chi connectivity index (χ1n) is 5.66. The van der Waals surface area contributed by atoms with E-state index in [1.54, 1.807) is 11.8 Å². The van der Waals surface area contributed by atoms with Crippen molar-refractivity contribution in [2.45, 2.75) is 6.92 Å². The summed E-state index contributed by atoms with van der Waals surface area (Å²) in [6.45, 7) is 4.39. The number of amides is 1. The van der Waals surface area contributed by atoms with Gasteiger partial charge in [0.15, 0.2) is 0 Å². The fraction of sp³-hybridized carbons (Fsp3) is 0.818. The van der Waals surface area contributed by atoms with Gasteiger partial charge in [-0.05, 0) is 0 Å². The first kappa shape index (κ1) is 14.3. The average molecular weight is 261 g/mol. The van der Waals surface area contributed by atoms with Crippen molar-refractivity contribution < 1.29 is 19.1 Å². The van der Waals surface area contributed by atoms with Crippen LogP contribution in [-0.2, 0) is 19.1 Å². The molecule has 0 bridgehead atoms. The lowest BCUT2D eigenvalue weighted by molar-refractivity contribution is -0.144. The molecule has 1 fully saturated rings. The molecule has 6 heteroatoms. The quantitative estimate of drug-likeness (QED) is 0.670. The summed E-state index contributed by atoms with van der Waals surface area (Å²) in [5.74, 6) is 0.763. The first-order chi connectivity index (χ1) is 8.15. The van der Waals surface area contributed by atoms with E-state index in [1.165, 1.54) is 18.9 Å². The molecule has 0 N–H and O–H groups in total. The third kappa shape index (κ3) is 4.95. The number of morpholine rings is 1. The van der Waals surface area contributed by atoms with Crippen LogP contribution in [0.2, 0.25) is 0 Å². The molecule has 1 amide bonds. The number of ether oxygens (including phenoxy) is 2. The fourth-order valence-corrected chi connectivity index (χ4v) is 2.46. The Morgan fingerprint density at radius 2 is 2.06 bits per heavy atom. The Hall–Kier alpha value is -0.750. The van der Waals surface area contributed by atoms with Crippen molar-refractivity contribution in [3.63, 3.8) is 0 Å². The van der Waals surface area contributed by atoms with Crippen LogP contribution in [0.1, 0.15) is 6.92 Å². The summed E-state index contributed by atoms with van der Waals surface area (Å²) < 4.78 is 9.80. The Balaban J connectivity index is 2.17. The predicted molar refractivity (Wildman–Crippen MR) is 65.9 cm³/mol. The largest absolute Gasteiger partial charge is 0.469 e. The number of rotatable bonds is 5. The van der Waals surface area contributed by atoms with Crippen LogP contribution in [0.5, 0.6) is 0 Å². The summed E-state index contributed by atoms with van der Waals surface area (Å²) in [7, 11) is 1.38. The van der Waals surface area contributed by atoms with E-state index < -0.39 is 0 Å². The predicted octanol–water partition coefficient (Wildman–Crippen LogP) is 0.387. The van der Waals surface area contributed by atoms with E-state index in [1.807, 2.05) is 0 Å². The zero-order valence-corrected chi connectivity index (χ0v) is 11.1. The number of carbonyl (C=O) groups is 2.